The molecule has 5 nitrogen and oxygen atoms in total. The Morgan fingerprint density at radius 1 is 1.17 bits per heavy atom. The van der Waals surface area contributed by atoms with Crippen molar-refractivity contribution in [2.45, 2.75) is 37.1 Å². The first-order valence-corrected chi connectivity index (χ1v) is 7.81. The maximum absolute atomic E-state index is 11.9. The maximum atomic E-state index is 11.9. The van der Waals surface area contributed by atoms with Crippen molar-refractivity contribution in [3.8, 4) is 0 Å². The van der Waals surface area contributed by atoms with E-state index in [1.807, 2.05) is 61.5 Å². The fourth-order valence-corrected chi connectivity index (χ4v) is 3.89. The number of benzene rings is 2. The van der Waals surface area contributed by atoms with Gasteiger partial charge in [-0.3, -0.25) is 10.1 Å². The van der Waals surface area contributed by atoms with Gasteiger partial charge in [0.1, 0.15) is 5.72 Å². The molecule has 4 atom stereocenters. The topological polar surface area (TPSA) is 64.4 Å². The van der Waals surface area contributed by atoms with Crippen LogP contribution in [-0.2, 0) is 4.74 Å². The van der Waals surface area contributed by atoms with Crippen molar-refractivity contribution >= 4 is 5.69 Å². The normalized spacial score (nSPS) is 31.8. The lowest BCUT2D eigenvalue weighted by Gasteiger charge is -2.48. The summed E-state index contributed by atoms with van der Waals surface area (Å²) in [5.41, 5.74) is 2.21. The molecule has 2 aromatic rings. The first-order chi connectivity index (χ1) is 11.1. The molecule has 118 valence electrons. The van der Waals surface area contributed by atoms with Crippen LogP contribution in [0.1, 0.15) is 36.5 Å². The number of nitro groups is 1. The summed E-state index contributed by atoms with van der Waals surface area (Å²) < 4.78 is 6.11. The molecule has 5 heteroatoms. The predicted molar refractivity (Wildman–Crippen MR) is 86.9 cm³/mol. The van der Waals surface area contributed by atoms with Gasteiger partial charge in [0.05, 0.1) is 5.92 Å². The van der Waals surface area contributed by atoms with Crippen molar-refractivity contribution in [3.63, 3.8) is 0 Å². The van der Waals surface area contributed by atoms with E-state index in [1.165, 1.54) is 0 Å². The van der Waals surface area contributed by atoms with E-state index in [2.05, 4.69) is 5.32 Å². The molecule has 23 heavy (non-hydrogen) atoms. The van der Waals surface area contributed by atoms with Gasteiger partial charge in [-0.15, -0.1) is 0 Å². The van der Waals surface area contributed by atoms with Gasteiger partial charge in [-0.1, -0.05) is 48.5 Å². The first kappa shape index (κ1) is 14.2. The molecule has 0 aromatic heterocycles. The van der Waals surface area contributed by atoms with Crippen LogP contribution in [-0.4, -0.2) is 16.7 Å². The van der Waals surface area contributed by atoms with Crippen LogP contribution in [0, 0.1) is 10.1 Å². The number of nitrogens with one attached hydrogen (secondary N) is 1. The quantitative estimate of drug-likeness (QED) is 0.678. The Morgan fingerprint density at radius 2 is 1.87 bits per heavy atom. The van der Waals surface area contributed by atoms with Gasteiger partial charge in [0.25, 0.3) is 0 Å². The number of rotatable bonds is 2. The summed E-state index contributed by atoms with van der Waals surface area (Å²) in [5.74, 6) is -0.184. The monoisotopic (exact) mass is 310 g/mol. The SMILES string of the molecule is C[C@]12C[C@@H](c3ccccc3)[C@H]([N+](=O)[O-])[C@H](O1)c1ccccc1N2. The lowest BCUT2D eigenvalue weighted by molar-refractivity contribution is -0.550. The average Bonchev–Trinajstić information content (AvgIpc) is 2.54. The molecule has 0 spiro atoms. The zero-order chi connectivity index (χ0) is 16.0. The van der Waals surface area contributed by atoms with Crippen LogP contribution >= 0.6 is 0 Å². The molecule has 1 fully saturated rings. The van der Waals surface area contributed by atoms with Crippen molar-refractivity contribution < 1.29 is 9.66 Å². The predicted octanol–water partition coefficient (Wildman–Crippen LogP) is 3.72. The number of para-hydroxylation sites is 1. The second kappa shape index (κ2) is 5.06. The van der Waals surface area contributed by atoms with Crippen molar-refractivity contribution in [1.82, 2.24) is 0 Å². The zero-order valence-corrected chi connectivity index (χ0v) is 12.8. The molecule has 2 bridgehead atoms. The lowest BCUT2D eigenvalue weighted by atomic mass is 9.76. The fourth-order valence-electron chi connectivity index (χ4n) is 3.89. The number of nitrogens with zero attached hydrogens (tertiary/aromatic N) is 1. The van der Waals surface area contributed by atoms with E-state index in [9.17, 15) is 10.1 Å². The van der Waals surface area contributed by atoms with Crippen LogP contribution in [0.25, 0.3) is 0 Å². The van der Waals surface area contributed by atoms with Gasteiger partial charge in [-0.2, -0.15) is 0 Å². The lowest BCUT2D eigenvalue weighted by Crippen LogP contribution is -2.55. The van der Waals surface area contributed by atoms with Gasteiger partial charge >= 0.3 is 0 Å². The molecule has 0 saturated carbocycles. The third kappa shape index (κ3) is 2.28. The summed E-state index contributed by atoms with van der Waals surface area (Å²) in [6, 6.07) is 16.7. The first-order valence-electron chi connectivity index (χ1n) is 7.81. The van der Waals surface area contributed by atoms with Crippen molar-refractivity contribution in [3.05, 3.63) is 75.8 Å². The largest absolute Gasteiger partial charge is 0.357 e. The van der Waals surface area contributed by atoms with Gasteiger partial charge < -0.3 is 10.1 Å². The third-order valence-corrected chi connectivity index (χ3v) is 4.86. The van der Waals surface area contributed by atoms with Crippen LogP contribution in [0.15, 0.2) is 54.6 Å². The minimum Gasteiger partial charge on any atom is -0.357 e. The average molecular weight is 310 g/mol. The van der Waals surface area contributed by atoms with E-state index in [4.69, 9.17) is 4.74 Å². The standard InChI is InChI=1S/C18H18N2O3/c1-18-11-14(12-7-3-2-4-8-12)16(20(21)22)17(23-18)13-9-5-6-10-15(13)19-18/h2-10,14,16-17,19H,11H2,1H3/t14-,16-,17+,18+/m0/s1. The Kier molecular flexibility index (Phi) is 3.13. The molecule has 0 aliphatic carbocycles. The second-order valence-corrected chi connectivity index (χ2v) is 6.48. The van der Waals surface area contributed by atoms with Gasteiger partial charge in [0.2, 0.25) is 6.04 Å². The molecular weight excluding hydrogens is 292 g/mol. The Bertz CT molecular complexity index is 749. The summed E-state index contributed by atoms with van der Waals surface area (Å²) in [6.45, 7) is 1.97. The molecule has 2 aliphatic rings. The molecule has 0 unspecified atom stereocenters. The minimum absolute atomic E-state index is 0.177. The van der Waals surface area contributed by atoms with E-state index in [0.717, 1.165) is 16.8 Å². The molecule has 1 saturated heterocycles. The highest BCUT2D eigenvalue weighted by Gasteiger charge is 2.55. The highest BCUT2D eigenvalue weighted by molar-refractivity contribution is 5.56. The van der Waals surface area contributed by atoms with Crippen molar-refractivity contribution in [2.75, 3.05) is 5.32 Å². The maximum Gasteiger partial charge on any atom is 0.250 e. The van der Waals surface area contributed by atoms with E-state index < -0.39 is 17.9 Å². The number of fused-ring (bicyclic) bond motifs is 4. The second-order valence-electron chi connectivity index (χ2n) is 6.48. The zero-order valence-electron chi connectivity index (χ0n) is 12.8. The number of hydrogen-bond acceptors (Lipinski definition) is 4. The highest BCUT2D eigenvalue weighted by atomic mass is 16.6. The summed E-state index contributed by atoms with van der Waals surface area (Å²) in [7, 11) is 0. The summed E-state index contributed by atoms with van der Waals surface area (Å²) in [6.07, 6.45) is 0.0273. The fraction of sp³-hybridized carbons (Fsp3) is 0.333. The Balaban J connectivity index is 1.84. The highest BCUT2D eigenvalue weighted by Crippen LogP contribution is 2.51. The van der Waals surface area contributed by atoms with Crippen LogP contribution in [0.4, 0.5) is 5.69 Å². The molecule has 0 radical (unpaired) electrons. The van der Waals surface area contributed by atoms with E-state index in [1.54, 1.807) is 0 Å². The van der Waals surface area contributed by atoms with Crippen molar-refractivity contribution in [1.29, 1.82) is 0 Å². The Labute approximate surface area is 134 Å². The molecular formula is C18H18N2O3. The van der Waals surface area contributed by atoms with Crippen LogP contribution < -0.4 is 5.32 Å². The van der Waals surface area contributed by atoms with E-state index in [0.29, 0.717) is 6.42 Å². The van der Waals surface area contributed by atoms with Crippen LogP contribution in [0.5, 0.6) is 0 Å². The molecule has 2 heterocycles. The number of ether oxygens (including phenoxy) is 1. The number of anilines is 1. The van der Waals surface area contributed by atoms with Crippen molar-refractivity contribution in [2.24, 2.45) is 0 Å². The smallest absolute Gasteiger partial charge is 0.250 e. The van der Waals surface area contributed by atoms with Gasteiger partial charge in [0, 0.05) is 22.6 Å². The van der Waals surface area contributed by atoms with E-state index >= 15 is 0 Å². The Morgan fingerprint density at radius 3 is 2.61 bits per heavy atom. The Hall–Kier alpha value is -2.40. The molecule has 0 amide bonds. The van der Waals surface area contributed by atoms with E-state index in [-0.39, 0.29) is 10.8 Å². The van der Waals surface area contributed by atoms with Gasteiger partial charge in [-0.25, -0.2) is 0 Å². The molecule has 4 rings (SSSR count). The van der Waals surface area contributed by atoms with Crippen LogP contribution in [0.2, 0.25) is 0 Å². The molecule has 2 aliphatic heterocycles. The summed E-state index contributed by atoms with van der Waals surface area (Å²) in [5, 5.41) is 15.3. The summed E-state index contributed by atoms with van der Waals surface area (Å²) >= 11 is 0. The van der Waals surface area contributed by atoms with Gasteiger partial charge in [0.15, 0.2) is 6.10 Å². The minimum atomic E-state index is -0.784. The van der Waals surface area contributed by atoms with Crippen LogP contribution in [0.3, 0.4) is 0 Å². The third-order valence-electron chi connectivity index (χ3n) is 4.86. The number of hydrogen-bond donors (Lipinski definition) is 1. The summed E-state index contributed by atoms with van der Waals surface area (Å²) in [4.78, 5) is 11.7. The van der Waals surface area contributed by atoms with Gasteiger partial charge in [-0.05, 0) is 18.6 Å². The molecule has 1 N–H and O–H groups in total. The molecule has 2 aromatic carbocycles.